The van der Waals surface area contributed by atoms with Gasteiger partial charge in [0.2, 0.25) is 0 Å². The van der Waals surface area contributed by atoms with Crippen LogP contribution < -0.4 is 5.32 Å². The van der Waals surface area contributed by atoms with Crippen molar-refractivity contribution in [1.29, 1.82) is 0 Å². The van der Waals surface area contributed by atoms with Crippen molar-refractivity contribution in [3.05, 3.63) is 58.5 Å². The van der Waals surface area contributed by atoms with E-state index in [4.69, 9.17) is 9.72 Å². The molecule has 3 heterocycles. The number of nitrogens with one attached hydrogen (secondary N) is 1. The molecule has 1 saturated heterocycles. The number of fused-ring (bicyclic) bond motifs is 1. The van der Waals surface area contributed by atoms with Crippen molar-refractivity contribution in [2.24, 2.45) is 0 Å². The molecule has 1 aromatic carbocycles. The summed E-state index contributed by atoms with van der Waals surface area (Å²) < 4.78 is 20.5. The van der Waals surface area contributed by atoms with Gasteiger partial charge in [0, 0.05) is 31.9 Å². The first kappa shape index (κ1) is 26.1. The fourth-order valence-electron chi connectivity index (χ4n) is 6.34. The van der Waals surface area contributed by atoms with Gasteiger partial charge in [-0.15, -0.1) is 0 Å². The van der Waals surface area contributed by atoms with Gasteiger partial charge in [0.15, 0.2) is 0 Å². The Labute approximate surface area is 219 Å². The molecule has 2 aliphatic heterocycles. The highest BCUT2D eigenvalue weighted by Gasteiger charge is 2.36. The molecule has 200 valence electrons. The first-order valence-electron chi connectivity index (χ1n) is 14.2. The Morgan fingerprint density at radius 3 is 2.84 bits per heavy atom. The van der Waals surface area contributed by atoms with Crippen molar-refractivity contribution < 1.29 is 19.0 Å². The number of carboxylic acid groups (broad SMARTS) is 1. The number of carbonyl (C=O) groups is 1. The molecule has 0 unspecified atom stereocenters. The highest BCUT2D eigenvalue weighted by molar-refractivity contribution is 5.76. The summed E-state index contributed by atoms with van der Waals surface area (Å²) in [5, 5.41) is 13.6. The Bertz CT molecular complexity index is 1070. The minimum Gasteiger partial charge on any atom is -0.480 e. The summed E-state index contributed by atoms with van der Waals surface area (Å²) in [5.74, 6) is 0.0950. The van der Waals surface area contributed by atoms with Crippen LogP contribution in [0.4, 0.5) is 10.2 Å². The zero-order valence-corrected chi connectivity index (χ0v) is 21.8. The first-order chi connectivity index (χ1) is 18.1. The maximum Gasteiger partial charge on any atom is 0.325 e. The van der Waals surface area contributed by atoms with Crippen molar-refractivity contribution in [2.45, 2.75) is 88.7 Å². The number of aromatic nitrogens is 1. The SMILES string of the molecule is O=C(O)[C@@H](c1cc(F)ccc1C1CCCCC1)N1CC[C@@H](OCCCCc2ccc3c(n2)NCCC3)C1. The van der Waals surface area contributed by atoms with Gasteiger partial charge in [-0.05, 0) is 92.2 Å². The maximum absolute atomic E-state index is 14.3. The van der Waals surface area contributed by atoms with E-state index in [-0.39, 0.29) is 11.9 Å². The van der Waals surface area contributed by atoms with Crippen LogP contribution in [0.5, 0.6) is 0 Å². The monoisotopic (exact) mass is 509 g/mol. The second kappa shape index (κ2) is 12.4. The molecule has 6 nitrogen and oxygen atoms in total. The number of ether oxygens (including phenoxy) is 1. The molecule has 5 rings (SSSR count). The quantitative estimate of drug-likeness (QED) is 0.391. The topological polar surface area (TPSA) is 74.7 Å². The number of nitrogens with zero attached hydrogens (tertiary/aromatic N) is 2. The number of hydrogen-bond acceptors (Lipinski definition) is 5. The van der Waals surface area contributed by atoms with Gasteiger partial charge in [-0.3, -0.25) is 9.69 Å². The Morgan fingerprint density at radius 1 is 1.14 bits per heavy atom. The number of pyridine rings is 1. The van der Waals surface area contributed by atoms with Gasteiger partial charge in [-0.1, -0.05) is 31.4 Å². The summed E-state index contributed by atoms with van der Waals surface area (Å²) >= 11 is 0. The Balaban J connectivity index is 1.13. The van der Waals surface area contributed by atoms with Gasteiger partial charge in [-0.2, -0.15) is 0 Å². The lowest BCUT2D eigenvalue weighted by molar-refractivity contribution is -0.143. The van der Waals surface area contributed by atoms with Crippen LogP contribution in [0.25, 0.3) is 0 Å². The second-order valence-electron chi connectivity index (χ2n) is 10.9. The van der Waals surface area contributed by atoms with Gasteiger partial charge >= 0.3 is 5.97 Å². The molecule has 0 spiro atoms. The molecule has 7 heteroatoms. The molecule has 2 atom stereocenters. The molecule has 0 amide bonds. The van der Waals surface area contributed by atoms with E-state index < -0.39 is 12.0 Å². The second-order valence-corrected chi connectivity index (χ2v) is 10.9. The lowest BCUT2D eigenvalue weighted by atomic mass is 9.80. The number of hydrogen-bond donors (Lipinski definition) is 2. The van der Waals surface area contributed by atoms with Crippen LogP contribution in [0.15, 0.2) is 30.3 Å². The van der Waals surface area contributed by atoms with Gasteiger partial charge in [0.1, 0.15) is 17.7 Å². The molecule has 3 aliphatic rings. The van der Waals surface area contributed by atoms with Gasteiger partial charge in [0.05, 0.1) is 6.10 Å². The zero-order chi connectivity index (χ0) is 25.6. The number of aryl methyl sites for hydroxylation is 2. The molecule has 0 radical (unpaired) electrons. The molecule has 1 aliphatic carbocycles. The molecule has 2 aromatic rings. The van der Waals surface area contributed by atoms with Crippen molar-refractivity contribution in [3.63, 3.8) is 0 Å². The molecular formula is C30H40FN3O3. The fourth-order valence-corrected chi connectivity index (χ4v) is 6.34. The zero-order valence-electron chi connectivity index (χ0n) is 21.8. The van der Waals surface area contributed by atoms with E-state index >= 15 is 0 Å². The third kappa shape index (κ3) is 6.50. The lowest BCUT2D eigenvalue weighted by Gasteiger charge is -2.30. The fraction of sp³-hybridized carbons (Fsp3) is 0.600. The number of rotatable bonds is 10. The summed E-state index contributed by atoms with van der Waals surface area (Å²) in [6.07, 6.45) is 11.6. The average Bonchev–Trinajstić information content (AvgIpc) is 3.37. The van der Waals surface area contributed by atoms with Crippen molar-refractivity contribution in [3.8, 4) is 0 Å². The maximum atomic E-state index is 14.3. The third-order valence-corrected chi connectivity index (χ3v) is 8.30. The van der Waals surface area contributed by atoms with E-state index in [0.717, 1.165) is 81.4 Å². The number of likely N-dealkylation sites (tertiary alicyclic amines) is 1. The van der Waals surface area contributed by atoms with Crippen LogP contribution in [0.3, 0.4) is 0 Å². The van der Waals surface area contributed by atoms with E-state index in [1.807, 2.05) is 11.0 Å². The van der Waals surface area contributed by atoms with E-state index in [2.05, 4.69) is 17.4 Å². The number of carboxylic acids is 1. The van der Waals surface area contributed by atoms with E-state index in [9.17, 15) is 14.3 Å². The van der Waals surface area contributed by atoms with E-state index in [1.54, 1.807) is 0 Å². The Hall–Kier alpha value is -2.51. The standard InChI is InChI=1S/C30H40FN3O3/c31-23-12-14-26(21-7-2-1-3-8-21)27(19-23)28(30(35)36)34-17-15-25(20-34)37-18-5-4-10-24-13-11-22-9-6-16-32-29(22)33-24/h11-14,19,21,25,28H,1-10,15-18,20H2,(H,32,33)(H,35,36)/t25-,28-/m1/s1. The number of anilines is 1. The smallest absolute Gasteiger partial charge is 0.325 e. The minimum absolute atomic E-state index is 0.0135. The molecule has 1 aromatic heterocycles. The van der Waals surface area contributed by atoms with Crippen molar-refractivity contribution in [2.75, 3.05) is 31.6 Å². The van der Waals surface area contributed by atoms with Crippen LogP contribution in [0, 0.1) is 5.82 Å². The van der Waals surface area contributed by atoms with Crippen LogP contribution in [0.2, 0.25) is 0 Å². The Kier molecular flexibility index (Phi) is 8.72. The summed E-state index contributed by atoms with van der Waals surface area (Å²) in [4.78, 5) is 19.2. The number of aliphatic carboxylic acids is 1. The number of unbranched alkanes of at least 4 members (excludes halogenated alkanes) is 1. The van der Waals surface area contributed by atoms with E-state index in [0.29, 0.717) is 31.2 Å². The lowest BCUT2D eigenvalue weighted by Crippen LogP contribution is -2.34. The van der Waals surface area contributed by atoms with Crippen molar-refractivity contribution in [1.82, 2.24) is 9.88 Å². The van der Waals surface area contributed by atoms with E-state index in [1.165, 1.54) is 30.5 Å². The normalized spacial score (nSPS) is 21.4. The van der Waals surface area contributed by atoms with Crippen molar-refractivity contribution >= 4 is 11.8 Å². The third-order valence-electron chi connectivity index (χ3n) is 8.30. The molecule has 0 bridgehead atoms. The molecule has 2 N–H and O–H groups in total. The van der Waals surface area contributed by atoms with Crippen LogP contribution in [0.1, 0.15) is 92.1 Å². The van der Waals surface area contributed by atoms with Gasteiger partial charge in [0.25, 0.3) is 0 Å². The summed E-state index contributed by atoms with van der Waals surface area (Å²) in [6, 6.07) is 8.28. The average molecular weight is 510 g/mol. The highest BCUT2D eigenvalue weighted by Crippen LogP contribution is 2.39. The van der Waals surface area contributed by atoms with Gasteiger partial charge in [-0.25, -0.2) is 9.37 Å². The number of halogens is 1. The van der Waals surface area contributed by atoms with Crippen LogP contribution in [-0.4, -0.2) is 53.3 Å². The molecule has 2 fully saturated rings. The predicted octanol–water partition coefficient (Wildman–Crippen LogP) is 5.87. The summed E-state index contributed by atoms with van der Waals surface area (Å²) in [6.45, 7) is 2.87. The summed E-state index contributed by atoms with van der Waals surface area (Å²) in [7, 11) is 0. The first-order valence-corrected chi connectivity index (χ1v) is 14.2. The summed E-state index contributed by atoms with van der Waals surface area (Å²) in [5.41, 5.74) is 4.08. The van der Waals surface area contributed by atoms with Gasteiger partial charge < -0.3 is 15.2 Å². The number of benzene rings is 1. The largest absolute Gasteiger partial charge is 0.480 e. The molecule has 1 saturated carbocycles. The molecular weight excluding hydrogens is 469 g/mol. The highest BCUT2D eigenvalue weighted by atomic mass is 19.1. The van der Waals surface area contributed by atoms with Crippen LogP contribution in [-0.2, 0) is 22.4 Å². The predicted molar refractivity (Wildman–Crippen MR) is 143 cm³/mol. The molecule has 37 heavy (non-hydrogen) atoms. The van der Waals surface area contributed by atoms with Crippen LogP contribution >= 0.6 is 0 Å². The minimum atomic E-state index is -0.907. The Morgan fingerprint density at radius 2 is 2.00 bits per heavy atom.